The first-order valence-electron chi connectivity index (χ1n) is 11.3. The highest BCUT2D eigenvalue weighted by molar-refractivity contribution is 7.92. The summed E-state index contributed by atoms with van der Waals surface area (Å²) < 4.78 is 68.5. The fourth-order valence-corrected chi connectivity index (χ4v) is 5.71. The van der Waals surface area contributed by atoms with Gasteiger partial charge in [0.25, 0.3) is 15.9 Å². The van der Waals surface area contributed by atoms with Crippen molar-refractivity contribution in [3.05, 3.63) is 81.8 Å². The van der Waals surface area contributed by atoms with Gasteiger partial charge in [0.2, 0.25) is 0 Å². The Morgan fingerprint density at radius 3 is 2.22 bits per heavy atom. The summed E-state index contributed by atoms with van der Waals surface area (Å²) in [5.74, 6) is -0.780. The van der Waals surface area contributed by atoms with Crippen LogP contribution in [0, 0.1) is 0 Å². The summed E-state index contributed by atoms with van der Waals surface area (Å²) in [5, 5.41) is 2.82. The van der Waals surface area contributed by atoms with Crippen LogP contribution in [0.2, 0.25) is 10.0 Å². The molecule has 3 aromatic rings. The second kappa shape index (κ2) is 10.8. The van der Waals surface area contributed by atoms with E-state index in [1.807, 2.05) is 4.90 Å². The number of carbonyl (C=O) groups is 1. The molecule has 1 amide bonds. The highest BCUT2D eigenvalue weighted by atomic mass is 35.5. The highest BCUT2D eigenvalue weighted by Crippen LogP contribution is 2.37. The molecule has 3 aromatic carbocycles. The summed E-state index contributed by atoms with van der Waals surface area (Å²) in [5.41, 5.74) is -0.323. The van der Waals surface area contributed by atoms with Crippen LogP contribution in [0.5, 0.6) is 0 Å². The molecule has 1 heterocycles. The lowest BCUT2D eigenvalue weighted by atomic mass is 10.1. The van der Waals surface area contributed by atoms with Crippen molar-refractivity contribution in [2.24, 2.45) is 0 Å². The van der Waals surface area contributed by atoms with E-state index in [0.717, 1.165) is 37.5 Å². The molecule has 0 atom stereocenters. The monoisotopic (exact) mass is 571 g/mol. The molecule has 2 N–H and O–H groups in total. The Morgan fingerprint density at radius 2 is 1.57 bits per heavy atom. The van der Waals surface area contributed by atoms with Crippen molar-refractivity contribution < 1.29 is 26.4 Å². The van der Waals surface area contributed by atoms with Crippen LogP contribution < -0.4 is 14.9 Å². The number of benzene rings is 3. The molecular formula is C25H22Cl2F3N3O3S. The van der Waals surface area contributed by atoms with Crippen molar-refractivity contribution >= 4 is 56.2 Å². The fourth-order valence-electron chi connectivity index (χ4n) is 4.00. The maximum absolute atomic E-state index is 13.4. The van der Waals surface area contributed by atoms with Gasteiger partial charge in [-0.25, -0.2) is 8.42 Å². The number of piperidine rings is 1. The first-order chi connectivity index (χ1) is 17.4. The molecule has 1 saturated heterocycles. The third-order valence-electron chi connectivity index (χ3n) is 5.85. The SMILES string of the molecule is O=C(Nc1cc(C(F)(F)F)ccc1N1CCCCC1)c1ccc(Cl)c(S(=O)(=O)Nc2ccc(Cl)cc2)c1. The Kier molecular flexibility index (Phi) is 7.91. The fraction of sp³-hybridized carbons (Fsp3) is 0.240. The number of halogens is 5. The van der Waals surface area contributed by atoms with Gasteiger partial charge in [0.15, 0.2) is 0 Å². The standard InChI is InChI=1S/C25H22Cl2F3N3O3S/c26-18-6-8-19(9-7-18)32-37(35,36)23-14-16(4-10-20(23)27)24(34)31-21-15-17(25(28,29)30)5-11-22(21)33-12-2-1-3-13-33/h4-11,14-15,32H,1-3,12-13H2,(H,31,34). The van der Waals surface area contributed by atoms with Gasteiger partial charge >= 0.3 is 6.18 Å². The first kappa shape index (κ1) is 27.1. The van der Waals surface area contributed by atoms with Crippen molar-refractivity contribution in [3.8, 4) is 0 Å². The number of rotatable bonds is 6. The summed E-state index contributed by atoms with van der Waals surface area (Å²) in [6.45, 7) is 1.29. The van der Waals surface area contributed by atoms with Gasteiger partial charge in [-0.05, 0) is 79.9 Å². The van der Waals surface area contributed by atoms with E-state index < -0.39 is 27.7 Å². The van der Waals surface area contributed by atoms with E-state index >= 15 is 0 Å². The molecule has 0 spiro atoms. The summed E-state index contributed by atoms with van der Waals surface area (Å²) >= 11 is 12.0. The van der Waals surface area contributed by atoms with Crippen LogP contribution in [0.3, 0.4) is 0 Å². The van der Waals surface area contributed by atoms with E-state index in [4.69, 9.17) is 23.2 Å². The molecule has 0 aromatic heterocycles. The molecule has 0 bridgehead atoms. The molecule has 0 radical (unpaired) electrons. The Morgan fingerprint density at radius 1 is 0.892 bits per heavy atom. The number of anilines is 3. The van der Waals surface area contributed by atoms with Crippen molar-refractivity contribution in [1.29, 1.82) is 0 Å². The normalized spacial score (nSPS) is 14.4. The zero-order valence-electron chi connectivity index (χ0n) is 19.3. The average Bonchev–Trinajstić information content (AvgIpc) is 2.85. The van der Waals surface area contributed by atoms with Crippen molar-refractivity contribution in [1.82, 2.24) is 0 Å². The van der Waals surface area contributed by atoms with E-state index in [0.29, 0.717) is 23.8 Å². The molecule has 1 aliphatic rings. The molecule has 0 unspecified atom stereocenters. The van der Waals surface area contributed by atoms with Gasteiger partial charge < -0.3 is 10.2 Å². The molecule has 4 rings (SSSR count). The number of hydrogen-bond acceptors (Lipinski definition) is 4. The molecular weight excluding hydrogens is 550 g/mol. The molecule has 1 fully saturated rings. The van der Waals surface area contributed by atoms with Gasteiger partial charge in [0, 0.05) is 29.4 Å². The third kappa shape index (κ3) is 6.49. The lowest BCUT2D eigenvalue weighted by Crippen LogP contribution is -2.30. The largest absolute Gasteiger partial charge is 0.416 e. The second-order valence-electron chi connectivity index (χ2n) is 8.49. The predicted octanol–water partition coefficient (Wildman–Crippen LogP) is 7.06. The maximum Gasteiger partial charge on any atom is 0.416 e. The highest BCUT2D eigenvalue weighted by Gasteiger charge is 2.32. The number of alkyl halides is 3. The maximum atomic E-state index is 13.4. The van der Waals surface area contributed by atoms with Crippen molar-refractivity contribution in [2.45, 2.75) is 30.3 Å². The quantitative estimate of drug-likeness (QED) is 0.332. The lowest BCUT2D eigenvalue weighted by Gasteiger charge is -2.31. The van der Waals surface area contributed by atoms with Gasteiger partial charge in [-0.2, -0.15) is 13.2 Å². The zero-order chi connectivity index (χ0) is 26.8. The predicted molar refractivity (Wildman–Crippen MR) is 139 cm³/mol. The molecule has 196 valence electrons. The van der Waals surface area contributed by atoms with Crippen LogP contribution in [0.4, 0.5) is 30.2 Å². The zero-order valence-corrected chi connectivity index (χ0v) is 21.6. The number of sulfonamides is 1. The van der Waals surface area contributed by atoms with E-state index in [1.165, 1.54) is 42.5 Å². The van der Waals surface area contributed by atoms with Crippen LogP contribution in [-0.2, 0) is 16.2 Å². The van der Waals surface area contributed by atoms with E-state index in [1.54, 1.807) is 0 Å². The Bertz CT molecular complexity index is 1410. The topological polar surface area (TPSA) is 78.5 Å². The van der Waals surface area contributed by atoms with Crippen LogP contribution in [-0.4, -0.2) is 27.4 Å². The second-order valence-corrected chi connectivity index (χ2v) is 11.0. The molecule has 1 aliphatic heterocycles. The van der Waals surface area contributed by atoms with E-state index in [2.05, 4.69) is 10.0 Å². The Hall–Kier alpha value is -2.95. The van der Waals surface area contributed by atoms with Crippen LogP contribution >= 0.6 is 23.2 Å². The summed E-state index contributed by atoms with van der Waals surface area (Å²) in [7, 11) is -4.20. The van der Waals surface area contributed by atoms with E-state index in [9.17, 15) is 26.4 Å². The van der Waals surface area contributed by atoms with Crippen LogP contribution in [0.25, 0.3) is 0 Å². The van der Waals surface area contributed by atoms with Crippen LogP contribution in [0.1, 0.15) is 35.2 Å². The minimum atomic E-state index is -4.60. The number of nitrogens with zero attached hydrogens (tertiary/aromatic N) is 1. The van der Waals surface area contributed by atoms with Crippen molar-refractivity contribution in [3.63, 3.8) is 0 Å². The third-order valence-corrected chi connectivity index (χ3v) is 7.96. The molecule has 12 heteroatoms. The average molecular weight is 572 g/mol. The number of amides is 1. The molecule has 0 aliphatic carbocycles. The van der Waals surface area contributed by atoms with Gasteiger partial charge in [-0.3, -0.25) is 9.52 Å². The molecule has 6 nitrogen and oxygen atoms in total. The van der Waals surface area contributed by atoms with Gasteiger partial charge in [-0.15, -0.1) is 0 Å². The number of hydrogen-bond donors (Lipinski definition) is 2. The molecule has 37 heavy (non-hydrogen) atoms. The Balaban J connectivity index is 1.65. The van der Waals surface area contributed by atoms with Crippen LogP contribution in [0.15, 0.2) is 65.6 Å². The van der Waals surface area contributed by atoms with Gasteiger partial charge in [0.05, 0.1) is 22.0 Å². The summed E-state index contributed by atoms with van der Waals surface area (Å²) in [4.78, 5) is 14.7. The van der Waals surface area contributed by atoms with E-state index in [-0.39, 0.29) is 26.9 Å². The first-order valence-corrected chi connectivity index (χ1v) is 13.5. The van der Waals surface area contributed by atoms with Gasteiger partial charge in [-0.1, -0.05) is 23.2 Å². The summed E-state index contributed by atoms with van der Waals surface area (Å²) in [6.07, 6.45) is -1.82. The minimum Gasteiger partial charge on any atom is -0.370 e. The number of nitrogens with one attached hydrogen (secondary N) is 2. The minimum absolute atomic E-state index is 0.0135. The van der Waals surface area contributed by atoms with Gasteiger partial charge in [0.1, 0.15) is 4.90 Å². The smallest absolute Gasteiger partial charge is 0.370 e. The number of carbonyl (C=O) groups excluding carboxylic acids is 1. The lowest BCUT2D eigenvalue weighted by molar-refractivity contribution is -0.137. The summed E-state index contributed by atoms with van der Waals surface area (Å²) in [6, 6.07) is 12.7. The van der Waals surface area contributed by atoms with Crippen molar-refractivity contribution in [2.75, 3.05) is 28.0 Å². The molecule has 0 saturated carbocycles. The Labute approximate surface area is 222 Å².